The average molecular weight is 203 g/mol. The molecule has 1 aliphatic carbocycles. The summed E-state index contributed by atoms with van der Waals surface area (Å²) < 4.78 is 5.66. The molecule has 1 unspecified atom stereocenters. The molecule has 0 aromatic heterocycles. The van der Waals surface area contributed by atoms with Crippen molar-refractivity contribution in [2.75, 3.05) is 19.8 Å². The first-order chi connectivity index (χ1) is 7.41. The van der Waals surface area contributed by atoms with E-state index < -0.39 is 0 Å². The Kier molecular flexibility index (Phi) is 2.26. The van der Waals surface area contributed by atoms with Gasteiger partial charge in [-0.1, -0.05) is 24.3 Å². The monoisotopic (exact) mass is 203 g/mol. The molecular weight excluding hydrogens is 186 g/mol. The number of rotatable bonds is 0. The quantitative estimate of drug-likeness (QED) is 0.694. The fourth-order valence-electron chi connectivity index (χ4n) is 2.91. The number of fused-ring (bicyclic) bond motifs is 2. The van der Waals surface area contributed by atoms with E-state index in [0.29, 0.717) is 0 Å². The second-order valence-electron chi connectivity index (χ2n) is 4.57. The Morgan fingerprint density at radius 1 is 1.27 bits per heavy atom. The van der Waals surface area contributed by atoms with E-state index in [9.17, 15) is 0 Å². The van der Waals surface area contributed by atoms with E-state index in [-0.39, 0.29) is 5.54 Å². The fourth-order valence-corrected chi connectivity index (χ4v) is 2.91. The van der Waals surface area contributed by atoms with Gasteiger partial charge in [-0.05, 0) is 30.4 Å². The Morgan fingerprint density at radius 2 is 2.20 bits per heavy atom. The normalized spacial score (nSPS) is 30.1. The lowest BCUT2D eigenvalue weighted by atomic mass is 9.76. The van der Waals surface area contributed by atoms with Crippen LogP contribution in [0.25, 0.3) is 0 Å². The molecule has 0 radical (unpaired) electrons. The van der Waals surface area contributed by atoms with Crippen molar-refractivity contribution < 1.29 is 4.74 Å². The van der Waals surface area contributed by atoms with Crippen LogP contribution in [0.4, 0.5) is 0 Å². The summed E-state index contributed by atoms with van der Waals surface area (Å²) in [4.78, 5) is 0. The van der Waals surface area contributed by atoms with Crippen LogP contribution in [0.3, 0.4) is 0 Å². The lowest BCUT2D eigenvalue weighted by molar-refractivity contribution is 0.0169. The van der Waals surface area contributed by atoms with Gasteiger partial charge in [-0.2, -0.15) is 0 Å². The first-order valence-electron chi connectivity index (χ1n) is 5.82. The molecule has 2 heteroatoms. The highest BCUT2D eigenvalue weighted by Gasteiger charge is 2.37. The topological polar surface area (TPSA) is 21.3 Å². The maximum absolute atomic E-state index is 5.66. The predicted octanol–water partition coefficient (Wildman–Crippen LogP) is 1.84. The Morgan fingerprint density at radius 3 is 3.07 bits per heavy atom. The molecule has 0 amide bonds. The third-order valence-corrected chi connectivity index (χ3v) is 3.64. The zero-order valence-electron chi connectivity index (χ0n) is 8.96. The minimum Gasteiger partial charge on any atom is -0.378 e. The molecule has 1 heterocycles. The van der Waals surface area contributed by atoms with E-state index in [0.717, 1.165) is 19.8 Å². The van der Waals surface area contributed by atoms with Crippen molar-refractivity contribution in [3.05, 3.63) is 35.4 Å². The van der Waals surface area contributed by atoms with Crippen LogP contribution in [0.1, 0.15) is 24.0 Å². The van der Waals surface area contributed by atoms with E-state index in [1.807, 2.05) is 0 Å². The van der Waals surface area contributed by atoms with Gasteiger partial charge in [0, 0.05) is 6.54 Å². The van der Waals surface area contributed by atoms with Crippen LogP contribution in [0, 0.1) is 0 Å². The third-order valence-electron chi connectivity index (χ3n) is 3.64. The molecule has 0 bridgehead atoms. The molecule has 1 aromatic carbocycles. The SMILES string of the molecule is c1ccc2c(c1)CCCC21COCCN1. The zero-order chi connectivity index (χ0) is 10.1. The molecular formula is C13H17NO. The molecule has 0 saturated carbocycles. The first-order valence-corrected chi connectivity index (χ1v) is 5.82. The van der Waals surface area contributed by atoms with Gasteiger partial charge < -0.3 is 10.1 Å². The summed E-state index contributed by atoms with van der Waals surface area (Å²) in [6.07, 6.45) is 3.71. The molecule has 1 fully saturated rings. The van der Waals surface area contributed by atoms with Gasteiger partial charge in [-0.25, -0.2) is 0 Å². The maximum atomic E-state index is 5.66. The van der Waals surface area contributed by atoms with Crippen molar-refractivity contribution in [3.63, 3.8) is 0 Å². The second kappa shape index (κ2) is 3.62. The van der Waals surface area contributed by atoms with E-state index in [1.165, 1.54) is 30.4 Å². The number of hydrogen-bond acceptors (Lipinski definition) is 2. The fraction of sp³-hybridized carbons (Fsp3) is 0.538. The number of aryl methyl sites for hydroxylation is 1. The third kappa shape index (κ3) is 1.48. The molecule has 1 saturated heterocycles. The molecule has 1 N–H and O–H groups in total. The first kappa shape index (κ1) is 9.37. The Bertz CT molecular complexity index is 355. The number of nitrogens with one attached hydrogen (secondary N) is 1. The van der Waals surface area contributed by atoms with Crippen molar-refractivity contribution in [1.82, 2.24) is 5.32 Å². The largest absolute Gasteiger partial charge is 0.378 e. The smallest absolute Gasteiger partial charge is 0.0691 e. The van der Waals surface area contributed by atoms with E-state index in [1.54, 1.807) is 0 Å². The number of benzene rings is 1. The van der Waals surface area contributed by atoms with Gasteiger partial charge in [-0.3, -0.25) is 0 Å². The van der Waals surface area contributed by atoms with E-state index in [4.69, 9.17) is 4.74 Å². The summed E-state index contributed by atoms with van der Waals surface area (Å²) >= 11 is 0. The van der Waals surface area contributed by atoms with Gasteiger partial charge in [0.2, 0.25) is 0 Å². The number of morpholine rings is 1. The Labute approximate surface area is 90.6 Å². The average Bonchev–Trinajstić information content (AvgIpc) is 2.31. The van der Waals surface area contributed by atoms with E-state index in [2.05, 4.69) is 29.6 Å². The molecule has 2 aliphatic rings. The van der Waals surface area contributed by atoms with Gasteiger partial charge >= 0.3 is 0 Å². The standard InChI is InChI=1S/C13H17NO/c1-2-6-12-11(4-1)5-3-7-13(12)10-15-9-8-14-13/h1-2,4,6,14H,3,5,7-10H2. The lowest BCUT2D eigenvalue weighted by Crippen LogP contribution is -2.53. The van der Waals surface area contributed by atoms with E-state index >= 15 is 0 Å². The highest BCUT2D eigenvalue weighted by atomic mass is 16.5. The molecule has 1 aromatic rings. The summed E-state index contributed by atoms with van der Waals surface area (Å²) in [6.45, 7) is 2.67. The minimum atomic E-state index is 0.118. The summed E-state index contributed by atoms with van der Waals surface area (Å²) in [5.74, 6) is 0. The van der Waals surface area contributed by atoms with Crippen LogP contribution in [-0.4, -0.2) is 19.8 Å². The summed E-state index contributed by atoms with van der Waals surface area (Å²) in [5.41, 5.74) is 3.09. The lowest BCUT2D eigenvalue weighted by Gasteiger charge is -2.42. The maximum Gasteiger partial charge on any atom is 0.0691 e. The molecule has 1 spiro atoms. The van der Waals surface area contributed by atoms with Gasteiger partial charge in [0.05, 0.1) is 18.8 Å². The van der Waals surface area contributed by atoms with Gasteiger partial charge in [0.25, 0.3) is 0 Å². The van der Waals surface area contributed by atoms with Crippen LogP contribution in [0.5, 0.6) is 0 Å². The van der Waals surface area contributed by atoms with Crippen molar-refractivity contribution >= 4 is 0 Å². The predicted molar refractivity (Wildman–Crippen MR) is 59.9 cm³/mol. The molecule has 3 rings (SSSR count). The highest BCUT2D eigenvalue weighted by molar-refractivity contribution is 5.36. The molecule has 80 valence electrons. The summed E-state index contributed by atoms with van der Waals surface area (Å²) in [5, 5.41) is 3.67. The van der Waals surface area contributed by atoms with Crippen molar-refractivity contribution in [2.24, 2.45) is 0 Å². The molecule has 2 nitrogen and oxygen atoms in total. The zero-order valence-corrected chi connectivity index (χ0v) is 8.96. The summed E-state index contributed by atoms with van der Waals surface area (Å²) in [6, 6.07) is 8.80. The number of hydrogen-bond donors (Lipinski definition) is 1. The van der Waals surface area contributed by atoms with Crippen LogP contribution in [0.15, 0.2) is 24.3 Å². The number of ether oxygens (including phenoxy) is 1. The van der Waals surface area contributed by atoms with Crippen molar-refractivity contribution in [3.8, 4) is 0 Å². The van der Waals surface area contributed by atoms with Crippen LogP contribution < -0.4 is 5.32 Å². The Balaban J connectivity index is 2.04. The summed E-state index contributed by atoms with van der Waals surface area (Å²) in [7, 11) is 0. The molecule has 15 heavy (non-hydrogen) atoms. The van der Waals surface area contributed by atoms with Crippen LogP contribution in [0.2, 0.25) is 0 Å². The Hall–Kier alpha value is -0.860. The van der Waals surface area contributed by atoms with Crippen molar-refractivity contribution in [1.29, 1.82) is 0 Å². The van der Waals surface area contributed by atoms with Crippen molar-refractivity contribution in [2.45, 2.75) is 24.8 Å². The minimum absolute atomic E-state index is 0.118. The van der Waals surface area contributed by atoms with Gasteiger partial charge in [-0.15, -0.1) is 0 Å². The molecule has 1 atom stereocenters. The van der Waals surface area contributed by atoms with Crippen LogP contribution in [-0.2, 0) is 16.7 Å². The molecule has 1 aliphatic heterocycles. The van der Waals surface area contributed by atoms with Gasteiger partial charge in [0.1, 0.15) is 0 Å². The highest BCUT2D eigenvalue weighted by Crippen LogP contribution is 2.36. The van der Waals surface area contributed by atoms with Gasteiger partial charge in [0.15, 0.2) is 0 Å². The van der Waals surface area contributed by atoms with Crippen LogP contribution >= 0.6 is 0 Å². The second-order valence-corrected chi connectivity index (χ2v) is 4.57.